The first-order chi connectivity index (χ1) is 10.9. The molecule has 3 nitrogen and oxygen atoms in total. The fourth-order valence-electron chi connectivity index (χ4n) is 2.36. The molecule has 1 saturated carbocycles. The van der Waals surface area contributed by atoms with Crippen LogP contribution < -0.4 is 10.7 Å². The quantitative estimate of drug-likeness (QED) is 0.219. The standard InChI is InChI=1S/C14H14F5N3S/c15-9-8(10(16)12(18)13(19)11(9)17)6-20-22-14(23)21-7-4-2-1-3-5-7/h6-7H,1-5H2,(H2,21,22,23)/b20-6+. The fraction of sp³-hybridized carbons (Fsp3) is 0.429. The lowest BCUT2D eigenvalue weighted by Crippen LogP contribution is -2.40. The third-order valence-corrected chi connectivity index (χ3v) is 3.75. The van der Waals surface area contributed by atoms with Crippen LogP contribution in [0.4, 0.5) is 22.0 Å². The zero-order chi connectivity index (χ0) is 17.0. The topological polar surface area (TPSA) is 36.4 Å². The van der Waals surface area contributed by atoms with E-state index in [0.717, 1.165) is 32.1 Å². The number of nitrogens with one attached hydrogen (secondary N) is 2. The van der Waals surface area contributed by atoms with Crippen molar-refractivity contribution in [1.29, 1.82) is 0 Å². The molecule has 0 heterocycles. The Hall–Kier alpha value is -1.77. The van der Waals surface area contributed by atoms with E-state index in [1.165, 1.54) is 0 Å². The largest absolute Gasteiger partial charge is 0.359 e. The number of hydrazone groups is 1. The Morgan fingerprint density at radius 3 is 2.00 bits per heavy atom. The van der Waals surface area contributed by atoms with Gasteiger partial charge in [0.05, 0.1) is 11.8 Å². The maximum atomic E-state index is 13.4. The molecule has 0 bridgehead atoms. The van der Waals surface area contributed by atoms with Gasteiger partial charge in [0.1, 0.15) is 0 Å². The molecule has 0 amide bonds. The molecule has 126 valence electrons. The van der Waals surface area contributed by atoms with Crippen LogP contribution >= 0.6 is 12.2 Å². The molecule has 2 rings (SSSR count). The van der Waals surface area contributed by atoms with E-state index in [0.29, 0.717) is 6.21 Å². The van der Waals surface area contributed by atoms with Crippen LogP contribution in [0.3, 0.4) is 0 Å². The van der Waals surface area contributed by atoms with Gasteiger partial charge >= 0.3 is 0 Å². The highest BCUT2D eigenvalue weighted by Crippen LogP contribution is 2.21. The predicted molar refractivity (Wildman–Crippen MR) is 79.6 cm³/mol. The lowest BCUT2D eigenvalue weighted by atomic mass is 9.96. The molecule has 9 heteroatoms. The first-order valence-corrected chi connectivity index (χ1v) is 7.43. The van der Waals surface area contributed by atoms with Crippen molar-refractivity contribution in [2.24, 2.45) is 5.10 Å². The van der Waals surface area contributed by atoms with Gasteiger partial charge in [-0.05, 0) is 25.1 Å². The van der Waals surface area contributed by atoms with Crippen LogP contribution in [-0.2, 0) is 0 Å². The summed E-state index contributed by atoms with van der Waals surface area (Å²) in [7, 11) is 0. The number of thiocarbonyl (C=S) groups is 1. The van der Waals surface area contributed by atoms with Crippen LogP contribution in [0.5, 0.6) is 0 Å². The average Bonchev–Trinajstić information content (AvgIpc) is 2.55. The van der Waals surface area contributed by atoms with Gasteiger partial charge in [-0.2, -0.15) is 5.10 Å². The van der Waals surface area contributed by atoms with Gasteiger partial charge in [-0.25, -0.2) is 22.0 Å². The van der Waals surface area contributed by atoms with Crippen molar-refractivity contribution in [3.8, 4) is 0 Å². The molecule has 0 saturated heterocycles. The van der Waals surface area contributed by atoms with Crippen LogP contribution in [0.1, 0.15) is 37.7 Å². The van der Waals surface area contributed by atoms with Crippen LogP contribution in [-0.4, -0.2) is 17.4 Å². The van der Waals surface area contributed by atoms with Gasteiger partial charge in [0, 0.05) is 6.04 Å². The zero-order valence-electron chi connectivity index (χ0n) is 11.9. The van der Waals surface area contributed by atoms with Gasteiger partial charge in [0.15, 0.2) is 28.4 Å². The highest BCUT2D eigenvalue weighted by atomic mass is 32.1. The van der Waals surface area contributed by atoms with Crippen molar-refractivity contribution in [3.05, 3.63) is 34.6 Å². The summed E-state index contributed by atoms with van der Waals surface area (Å²) in [5.74, 6) is -10.1. The van der Waals surface area contributed by atoms with Crippen molar-refractivity contribution in [2.75, 3.05) is 0 Å². The van der Waals surface area contributed by atoms with Crippen molar-refractivity contribution >= 4 is 23.5 Å². The minimum absolute atomic E-state index is 0.122. The average molecular weight is 351 g/mol. The second-order valence-electron chi connectivity index (χ2n) is 5.16. The molecule has 1 fully saturated rings. The molecule has 1 aromatic rings. The van der Waals surface area contributed by atoms with E-state index in [2.05, 4.69) is 15.8 Å². The molecule has 2 N–H and O–H groups in total. The van der Waals surface area contributed by atoms with E-state index in [-0.39, 0.29) is 11.2 Å². The Kier molecular flexibility index (Phi) is 5.86. The maximum Gasteiger partial charge on any atom is 0.200 e. The Morgan fingerprint density at radius 1 is 0.913 bits per heavy atom. The van der Waals surface area contributed by atoms with E-state index in [9.17, 15) is 22.0 Å². The number of hydrogen-bond acceptors (Lipinski definition) is 2. The van der Waals surface area contributed by atoms with Crippen molar-refractivity contribution in [1.82, 2.24) is 10.7 Å². The molecule has 0 aromatic heterocycles. The SMILES string of the molecule is Fc1c(F)c(F)c(/C=N/NC(=S)NC2CCCCC2)c(F)c1F. The van der Waals surface area contributed by atoms with Gasteiger partial charge in [-0.3, -0.25) is 5.43 Å². The smallest absolute Gasteiger partial charge is 0.200 e. The van der Waals surface area contributed by atoms with Gasteiger partial charge < -0.3 is 5.32 Å². The third kappa shape index (κ3) is 4.15. The molecule has 1 aliphatic rings. The maximum absolute atomic E-state index is 13.4. The van der Waals surface area contributed by atoms with Crippen LogP contribution in [0, 0.1) is 29.1 Å². The van der Waals surface area contributed by atoms with Crippen molar-refractivity contribution in [2.45, 2.75) is 38.1 Å². The number of halogens is 5. The van der Waals surface area contributed by atoms with Crippen LogP contribution in [0.2, 0.25) is 0 Å². The van der Waals surface area contributed by atoms with Crippen molar-refractivity contribution < 1.29 is 22.0 Å². The minimum Gasteiger partial charge on any atom is -0.359 e. The second-order valence-corrected chi connectivity index (χ2v) is 5.57. The number of benzene rings is 1. The summed E-state index contributed by atoms with van der Waals surface area (Å²) in [5, 5.41) is 6.53. The Bertz CT molecular complexity index is 600. The number of hydrogen-bond donors (Lipinski definition) is 2. The predicted octanol–water partition coefficient (Wildman–Crippen LogP) is 3.51. The fourth-order valence-corrected chi connectivity index (χ4v) is 2.57. The van der Waals surface area contributed by atoms with E-state index in [1.807, 2.05) is 0 Å². The summed E-state index contributed by atoms with van der Waals surface area (Å²) >= 11 is 4.96. The third-order valence-electron chi connectivity index (χ3n) is 3.54. The highest BCUT2D eigenvalue weighted by molar-refractivity contribution is 7.80. The Morgan fingerprint density at radius 2 is 1.43 bits per heavy atom. The number of nitrogens with zero attached hydrogens (tertiary/aromatic N) is 1. The summed E-state index contributed by atoms with van der Waals surface area (Å²) in [4.78, 5) is 0. The van der Waals surface area contributed by atoms with E-state index in [1.54, 1.807) is 0 Å². The molecule has 0 atom stereocenters. The van der Waals surface area contributed by atoms with Crippen molar-refractivity contribution in [3.63, 3.8) is 0 Å². The highest BCUT2D eigenvalue weighted by Gasteiger charge is 2.24. The number of rotatable bonds is 3. The van der Waals surface area contributed by atoms with Gasteiger partial charge in [-0.1, -0.05) is 19.3 Å². The molecule has 23 heavy (non-hydrogen) atoms. The molecule has 0 spiro atoms. The first kappa shape index (κ1) is 17.6. The zero-order valence-corrected chi connectivity index (χ0v) is 12.8. The molecule has 0 unspecified atom stereocenters. The normalized spacial score (nSPS) is 15.9. The summed E-state index contributed by atoms with van der Waals surface area (Å²) in [6.07, 6.45) is 5.72. The lowest BCUT2D eigenvalue weighted by Gasteiger charge is -2.23. The summed E-state index contributed by atoms with van der Waals surface area (Å²) in [5.41, 5.74) is 1.17. The van der Waals surface area contributed by atoms with Gasteiger partial charge in [0.25, 0.3) is 0 Å². The molecular weight excluding hydrogens is 337 g/mol. The second kappa shape index (κ2) is 7.67. The molecule has 0 aliphatic heterocycles. The molecule has 1 aromatic carbocycles. The summed E-state index contributed by atoms with van der Waals surface area (Å²) in [6, 6.07) is 0.188. The molecular formula is C14H14F5N3S. The van der Waals surface area contributed by atoms with Gasteiger partial charge in [0.2, 0.25) is 5.82 Å². The monoisotopic (exact) mass is 351 g/mol. The van der Waals surface area contributed by atoms with E-state index in [4.69, 9.17) is 12.2 Å². The first-order valence-electron chi connectivity index (χ1n) is 7.02. The lowest BCUT2D eigenvalue weighted by molar-refractivity contribution is 0.377. The van der Waals surface area contributed by atoms with Crippen LogP contribution in [0.25, 0.3) is 0 Å². The van der Waals surface area contributed by atoms with E-state index < -0.39 is 34.6 Å². The Labute approximate surface area is 134 Å². The summed E-state index contributed by atoms with van der Waals surface area (Å²) in [6.45, 7) is 0. The molecule has 1 aliphatic carbocycles. The van der Waals surface area contributed by atoms with Gasteiger partial charge in [-0.15, -0.1) is 0 Å². The minimum atomic E-state index is -2.21. The molecule has 0 radical (unpaired) electrons. The summed E-state index contributed by atoms with van der Waals surface area (Å²) < 4.78 is 65.7. The Balaban J connectivity index is 2.01. The van der Waals surface area contributed by atoms with Crippen LogP contribution in [0.15, 0.2) is 5.10 Å². The van der Waals surface area contributed by atoms with E-state index >= 15 is 0 Å².